The van der Waals surface area contributed by atoms with E-state index in [9.17, 15) is 9.18 Å². The molecule has 2 rings (SSSR count). The first-order chi connectivity index (χ1) is 10.1. The van der Waals surface area contributed by atoms with E-state index < -0.39 is 0 Å². The molecule has 0 unspecified atom stereocenters. The molecule has 0 heterocycles. The lowest BCUT2D eigenvalue weighted by Gasteiger charge is -2.07. The molecule has 110 valence electrons. The molecule has 2 nitrogen and oxygen atoms in total. The first-order valence-corrected chi connectivity index (χ1v) is 7.49. The summed E-state index contributed by atoms with van der Waals surface area (Å²) in [5, 5.41) is 0. The van der Waals surface area contributed by atoms with Gasteiger partial charge in [-0.25, -0.2) is 4.39 Å². The van der Waals surface area contributed by atoms with E-state index in [0.717, 1.165) is 11.3 Å². The molecule has 4 heteroatoms. The topological polar surface area (TPSA) is 26.3 Å². The summed E-state index contributed by atoms with van der Waals surface area (Å²) in [6, 6.07) is 12.4. The molecule has 0 atom stereocenters. The molecule has 21 heavy (non-hydrogen) atoms. The minimum absolute atomic E-state index is 0.0222. The summed E-state index contributed by atoms with van der Waals surface area (Å²) in [6.07, 6.45) is 0.506. The van der Waals surface area contributed by atoms with Crippen molar-refractivity contribution in [2.24, 2.45) is 0 Å². The van der Waals surface area contributed by atoms with Gasteiger partial charge in [0.25, 0.3) is 0 Å². The summed E-state index contributed by atoms with van der Waals surface area (Å²) in [5.41, 5.74) is 1.78. The van der Waals surface area contributed by atoms with Gasteiger partial charge in [-0.3, -0.25) is 4.79 Å². The zero-order valence-electron chi connectivity index (χ0n) is 11.7. The highest BCUT2D eigenvalue weighted by Gasteiger charge is 2.10. The van der Waals surface area contributed by atoms with Crippen molar-refractivity contribution in [1.29, 1.82) is 0 Å². The fourth-order valence-electron chi connectivity index (χ4n) is 1.97. The fraction of sp³-hybridized carbons (Fsp3) is 0.235. The number of hydrogen-bond acceptors (Lipinski definition) is 2. The molecule has 0 amide bonds. The minimum Gasteiger partial charge on any atom is -0.493 e. The zero-order valence-corrected chi connectivity index (χ0v) is 13.3. The SMILES string of the molecule is Cc1cccc(OCCC(=O)Cc2cccc(F)c2Br)c1. The monoisotopic (exact) mass is 350 g/mol. The predicted molar refractivity (Wildman–Crippen MR) is 84.1 cm³/mol. The number of aryl methyl sites for hydroxylation is 1. The van der Waals surface area contributed by atoms with Gasteiger partial charge >= 0.3 is 0 Å². The van der Waals surface area contributed by atoms with Crippen molar-refractivity contribution in [2.45, 2.75) is 19.8 Å². The van der Waals surface area contributed by atoms with Gasteiger partial charge in [0.05, 0.1) is 11.1 Å². The summed E-state index contributed by atoms with van der Waals surface area (Å²) in [7, 11) is 0. The molecule has 2 aromatic carbocycles. The molecule has 0 N–H and O–H groups in total. The summed E-state index contributed by atoms with van der Waals surface area (Å²) in [4.78, 5) is 11.9. The number of ether oxygens (including phenoxy) is 1. The average Bonchev–Trinajstić information content (AvgIpc) is 2.44. The summed E-state index contributed by atoms with van der Waals surface area (Å²) in [6.45, 7) is 2.31. The van der Waals surface area contributed by atoms with Crippen molar-refractivity contribution in [3.63, 3.8) is 0 Å². The Labute approximate surface area is 132 Å². The Morgan fingerprint density at radius 2 is 2.00 bits per heavy atom. The second-order valence-electron chi connectivity index (χ2n) is 4.84. The Hall–Kier alpha value is -1.68. The van der Waals surface area contributed by atoms with Gasteiger partial charge in [0, 0.05) is 12.8 Å². The van der Waals surface area contributed by atoms with Crippen molar-refractivity contribution in [3.05, 3.63) is 63.9 Å². The van der Waals surface area contributed by atoms with Crippen LogP contribution in [0.2, 0.25) is 0 Å². The van der Waals surface area contributed by atoms with E-state index in [4.69, 9.17) is 4.74 Å². The molecule has 0 spiro atoms. The highest BCUT2D eigenvalue weighted by atomic mass is 79.9. The van der Waals surface area contributed by atoms with Crippen molar-refractivity contribution in [1.82, 2.24) is 0 Å². The number of rotatable bonds is 6. The third-order valence-corrected chi connectivity index (χ3v) is 3.95. The Balaban J connectivity index is 1.84. The van der Waals surface area contributed by atoms with Crippen LogP contribution in [0.5, 0.6) is 5.75 Å². The molecular formula is C17H16BrFO2. The van der Waals surface area contributed by atoms with Gasteiger partial charge in [-0.15, -0.1) is 0 Å². The highest BCUT2D eigenvalue weighted by molar-refractivity contribution is 9.10. The van der Waals surface area contributed by atoms with E-state index in [0.29, 0.717) is 23.1 Å². The number of halogens is 2. The summed E-state index contributed by atoms with van der Waals surface area (Å²) in [5.74, 6) is 0.431. The molecule has 0 saturated heterocycles. The zero-order chi connectivity index (χ0) is 15.2. The van der Waals surface area contributed by atoms with Crippen LogP contribution in [0.25, 0.3) is 0 Å². The maximum atomic E-state index is 13.4. The largest absolute Gasteiger partial charge is 0.493 e. The molecule has 0 saturated carbocycles. The average molecular weight is 351 g/mol. The first kappa shape index (κ1) is 15.7. The van der Waals surface area contributed by atoms with E-state index >= 15 is 0 Å². The van der Waals surface area contributed by atoms with Crippen LogP contribution in [0.3, 0.4) is 0 Å². The van der Waals surface area contributed by atoms with E-state index in [1.54, 1.807) is 12.1 Å². The number of carbonyl (C=O) groups excluding carboxylic acids is 1. The van der Waals surface area contributed by atoms with Crippen molar-refractivity contribution in [2.75, 3.05) is 6.61 Å². The van der Waals surface area contributed by atoms with Crippen LogP contribution in [-0.4, -0.2) is 12.4 Å². The molecule has 2 aromatic rings. The Bertz CT molecular complexity index is 640. The van der Waals surface area contributed by atoms with Gasteiger partial charge in [0.1, 0.15) is 17.3 Å². The fourth-order valence-corrected chi connectivity index (χ4v) is 2.38. The van der Waals surface area contributed by atoms with Gasteiger partial charge in [-0.2, -0.15) is 0 Å². The van der Waals surface area contributed by atoms with Crippen LogP contribution >= 0.6 is 15.9 Å². The smallest absolute Gasteiger partial charge is 0.140 e. The van der Waals surface area contributed by atoms with Gasteiger partial charge in [0.15, 0.2) is 0 Å². The Morgan fingerprint density at radius 1 is 1.24 bits per heavy atom. The molecule has 0 aliphatic rings. The molecule has 0 bridgehead atoms. The van der Waals surface area contributed by atoms with Crippen LogP contribution in [0.4, 0.5) is 4.39 Å². The van der Waals surface area contributed by atoms with Gasteiger partial charge < -0.3 is 4.74 Å². The number of carbonyl (C=O) groups is 1. The van der Waals surface area contributed by atoms with E-state index in [1.807, 2.05) is 31.2 Å². The van der Waals surface area contributed by atoms with E-state index in [2.05, 4.69) is 15.9 Å². The number of Topliss-reactive ketones (excluding diaryl/α,β-unsaturated/α-hetero) is 1. The first-order valence-electron chi connectivity index (χ1n) is 6.70. The second kappa shape index (κ2) is 7.36. The third kappa shape index (κ3) is 4.67. The lowest BCUT2D eigenvalue weighted by molar-refractivity contribution is -0.118. The third-order valence-electron chi connectivity index (χ3n) is 3.06. The number of ketones is 1. The van der Waals surface area contributed by atoms with Crippen LogP contribution in [0.15, 0.2) is 46.9 Å². The van der Waals surface area contributed by atoms with Crippen molar-refractivity contribution >= 4 is 21.7 Å². The van der Waals surface area contributed by atoms with E-state index in [-0.39, 0.29) is 18.0 Å². The highest BCUT2D eigenvalue weighted by Crippen LogP contribution is 2.21. The van der Waals surface area contributed by atoms with Crippen molar-refractivity contribution < 1.29 is 13.9 Å². The number of hydrogen-bond donors (Lipinski definition) is 0. The molecule has 0 aromatic heterocycles. The lowest BCUT2D eigenvalue weighted by atomic mass is 10.1. The normalized spacial score (nSPS) is 10.4. The van der Waals surface area contributed by atoms with Crippen LogP contribution in [0, 0.1) is 12.7 Å². The minimum atomic E-state index is -0.351. The van der Waals surface area contributed by atoms with Crippen LogP contribution in [-0.2, 0) is 11.2 Å². The van der Waals surface area contributed by atoms with Crippen LogP contribution < -0.4 is 4.74 Å². The molecule has 0 aliphatic heterocycles. The lowest BCUT2D eigenvalue weighted by Crippen LogP contribution is -2.09. The summed E-state index contributed by atoms with van der Waals surface area (Å²) < 4.78 is 19.3. The molecule has 0 aliphatic carbocycles. The number of benzene rings is 2. The maximum absolute atomic E-state index is 13.4. The molecular weight excluding hydrogens is 335 g/mol. The Morgan fingerprint density at radius 3 is 2.76 bits per heavy atom. The summed E-state index contributed by atoms with van der Waals surface area (Å²) >= 11 is 3.16. The second-order valence-corrected chi connectivity index (χ2v) is 5.64. The quantitative estimate of drug-likeness (QED) is 0.767. The predicted octanol–water partition coefficient (Wildman–Crippen LogP) is 4.48. The maximum Gasteiger partial charge on any atom is 0.140 e. The van der Waals surface area contributed by atoms with Crippen molar-refractivity contribution in [3.8, 4) is 5.75 Å². The standard InChI is InChI=1S/C17H16BrFO2/c1-12-4-2-6-15(10-12)21-9-8-14(20)11-13-5-3-7-16(19)17(13)18/h2-7,10H,8-9,11H2,1H3. The molecule has 0 fully saturated rings. The van der Waals surface area contributed by atoms with Crippen LogP contribution in [0.1, 0.15) is 17.5 Å². The van der Waals surface area contributed by atoms with Gasteiger partial charge in [0.2, 0.25) is 0 Å². The Kier molecular flexibility index (Phi) is 5.51. The van der Waals surface area contributed by atoms with Gasteiger partial charge in [-0.05, 0) is 52.2 Å². The molecule has 0 radical (unpaired) electrons. The van der Waals surface area contributed by atoms with Gasteiger partial charge in [-0.1, -0.05) is 24.3 Å². The van der Waals surface area contributed by atoms with E-state index in [1.165, 1.54) is 6.07 Å².